The molecular weight excluding hydrogens is 244 g/mol. The van der Waals surface area contributed by atoms with Gasteiger partial charge >= 0.3 is 0 Å². The molecule has 1 aromatic carbocycles. The topological polar surface area (TPSA) is 25.8 Å². The van der Waals surface area contributed by atoms with Crippen LogP contribution in [-0.4, -0.2) is 9.97 Å². The molecule has 0 amide bonds. The van der Waals surface area contributed by atoms with Gasteiger partial charge in [-0.15, -0.1) is 0 Å². The van der Waals surface area contributed by atoms with Gasteiger partial charge < -0.3 is 0 Å². The van der Waals surface area contributed by atoms with Crippen LogP contribution in [0.1, 0.15) is 48.9 Å². The molecule has 1 heterocycles. The number of aromatic nitrogens is 2. The lowest BCUT2D eigenvalue weighted by molar-refractivity contribution is 1.21. The van der Waals surface area contributed by atoms with Gasteiger partial charge in [0.1, 0.15) is 0 Å². The van der Waals surface area contributed by atoms with E-state index < -0.39 is 0 Å². The third-order valence-electron chi connectivity index (χ3n) is 3.62. The lowest BCUT2D eigenvalue weighted by atomic mass is 9.94. The van der Waals surface area contributed by atoms with Crippen molar-refractivity contribution in [1.29, 1.82) is 0 Å². The van der Waals surface area contributed by atoms with Crippen LogP contribution in [0, 0.1) is 13.8 Å². The summed E-state index contributed by atoms with van der Waals surface area (Å²) in [7, 11) is 0. The molecule has 0 spiro atoms. The number of nitrogens with zero attached hydrogens (tertiary/aromatic N) is 2. The molecule has 20 heavy (non-hydrogen) atoms. The Bertz CT molecular complexity index is 608. The molecule has 0 aliphatic rings. The minimum Gasteiger partial charge on any atom is -0.252 e. The smallest absolute Gasteiger partial charge is 0.0967 e. The Morgan fingerprint density at radius 1 is 0.800 bits per heavy atom. The van der Waals surface area contributed by atoms with Gasteiger partial charge in [0.05, 0.1) is 11.0 Å². The molecule has 0 bridgehead atoms. The van der Waals surface area contributed by atoms with Crippen molar-refractivity contribution >= 4 is 23.2 Å². The molecular formula is C18H22N2. The van der Waals surface area contributed by atoms with Crippen molar-refractivity contribution in [3.05, 3.63) is 46.8 Å². The Hall–Kier alpha value is -1.96. The van der Waals surface area contributed by atoms with Crippen LogP contribution >= 0.6 is 0 Å². The van der Waals surface area contributed by atoms with Crippen molar-refractivity contribution < 1.29 is 0 Å². The summed E-state index contributed by atoms with van der Waals surface area (Å²) in [5, 5.41) is 0. The Labute approximate surface area is 121 Å². The second-order valence-electron chi connectivity index (χ2n) is 4.95. The number of fused-ring (bicyclic) bond motifs is 1. The lowest BCUT2D eigenvalue weighted by Crippen LogP contribution is -1.97. The first-order valence-corrected chi connectivity index (χ1v) is 7.27. The van der Waals surface area contributed by atoms with E-state index in [9.17, 15) is 0 Å². The van der Waals surface area contributed by atoms with E-state index in [0.717, 1.165) is 23.9 Å². The van der Waals surface area contributed by atoms with Crippen molar-refractivity contribution in [3.63, 3.8) is 0 Å². The third-order valence-corrected chi connectivity index (χ3v) is 3.62. The molecule has 104 valence electrons. The summed E-state index contributed by atoms with van der Waals surface area (Å²) in [4.78, 5) is 9.11. The summed E-state index contributed by atoms with van der Waals surface area (Å²) >= 11 is 0. The maximum atomic E-state index is 4.56. The maximum absolute atomic E-state index is 4.56. The van der Waals surface area contributed by atoms with E-state index in [4.69, 9.17) is 0 Å². The summed E-state index contributed by atoms with van der Waals surface area (Å²) in [6, 6.07) is 0. The van der Waals surface area contributed by atoms with E-state index in [-0.39, 0.29) is 0 Å². The summed E-state index contributed by atoms with van der Waals surface area (Å²) < 4.78 is 0. The number of allylic oxidation sites excluding steroid dienone is 2. The van der Waals surface area contributed by atoms with Gasteiger partial charge in [-0.05, 0) is 37.8 Å². The summed E-state index contributed by atoms with van der Waals surface area (Å²) in [6.45, 7) is 8.62. The zero-order chi connectivity index (χ0) is 14.5. The van der Waals surface area contributed by atoms with Crippen molar-refractivity contribution in [1.82, 2.24) is 9.97 Å². The molecule has 0 saturated carbocycles. The van der Waals surface area contributed by atoms with Crippen LogP contribution in [0.4, 0.5) is 0 Å². The fraction of sp³-hybridized carbons (Fsp3) is 0.333. The minimum absolute atomic E-state index is 0.996. The fourth-order valence-corrected chi connectivity index (χ4v) is 2.37. The van der Waals surface area contributed by atoms with Crippen LogP contribution in [0.5, 0.6) is 0 Å². The molecule has 2 rings (SSSR count). The van der Waals surface area contributed by atoms with E-state index in [0.29, 0.717) is 0 Å². The molecule has 1 aromatic heterocycles. The van der Waals surface area contributed by atoms with Crippen LogP contribution in [0.3, 0.4) is 0 Å². The second kappa shape index (κ2) is 6.47. The van der Waals surface area contributed by atoms with Crippen LogP contribution in [0.15, 0.2) is 24.5 Å². The number of hydrogen-bond acceptors (Lipinski definition) is 2. The van der Waals surface area contributed by atoms with Gasteiger partial charge in [-0.2, -0.15) is 0 Å². The Kier molecular flexibility index (Phi) is 4.67. The van der Waals surface area contributed by atoms with Gasteiger partial charge in [0.2, 0.25) is 0 Å². The van der Waals surface area contributed by atoms with Gasteiger partial charge in [-0.25, -0.2) is 0 Å². The van der Waals surface area contributed by atoms with Gasteiger partial charge in [0.25, 0.3) is 0 Å². The van der Waals surface area contributed by atoms with Crippen LogP contribution < -0.4 is 0 Å². The highest BCUT2D eigenvalue weighted by Gasteiger charge is 2.12. The first kappa shape index (κ1) is 14.4. The summed E-state index contributed by atoms with van der Waals surface area (Å²) in [6.07, 6.45) is 14.3. The van der Waals surface area contributed by atoms with E-state index in [1.54, 1.807) is 12.4 Å². The minimum atomic E-state index is 0.996. The zero-order valence-corrected chi connectivity index (χ0v) is 12.8. The molecule has 0 fully saturated rings. The SMILES string of the molecule is CC/C=C\c1c(C)c(C)c(/C=C\CC)c2nccnc12. The van der Waals surface area contributed by atoms with Gasteiger partial charge in [-0.3, -0.25) is 9.97 Å². The monoisotopic (exact) mass is 266 g/mol. The van der Waals surface area contributed by atoms with Crippen LogP contribution in [0.25, 0.3) is 23.2 Å². The summed E-state index contributed by atoms with van der Waals surface area (Å²) in [5.74, 6) is 0. The van der Waals surface area contributed by atoms with Crippen molar-refractivity contribution in [3.8, 4) is 0 Å². The average Bonchev–Trinajstić information content (AvgIpc) is 2.47. The molecule has 0 aliphatic heterocycles. The molecule has 0 aliphatic carbocycles. The standard InChI is InChI=1S/C18H22N2/c1-5-7-9-15-13(3)14(4)16(10-8-6-2)18-17(15)19-11-12-20-18/h7-12H,5-6H2,1-4H3/b9-7-,10-8-. The average molecular weight is 266 g/mol. The molecule has 0 radical (unpaired) electrons. The predicted molar refractivity (Wildman–Crippen MR) is 87.7 cm³/mol. The molecule has 2 aromatic rings. The molecule has 0 saturated heterocycles. The van der Waals surface area contributed by atoms with E-state index >= 15 is 0 Å². The fourth-order valence-electron chi connectivity index (χ4n) is 2.37. The summed E-state index contributed by atoms with van der Waals surface area (Å²) in [5.41, 5.74) is 6.96. The molecule has 2 heteroatoms. The van der Waals surface area contributed by atoms with Crippen molar-refractivity contribution in [2.45, 2.75) is 40.5 Å². The first-order valence-electron chi connectivity index (χ1n) is 7.27. The number of hydrogen-bond donors (Lipinski definition) is 0. The van der Waals surface area contributed by atoms with Crippen LogP contribution in [0.2, 0.25) is 0 Å². The highest BCUT2D eigenvalue weighted by Crippen LogP contribution is 2.29. The highest BCUT2D eigenvalue weighted by molar-refractivity contribution is 5.93. The van der Waals surface area contributed by atoms with Crippen molar-refractivity contribution in [2.24, 2.45) is 0 Å². The largest absolute Gasteiger partial charge is 0.252 e. The molecule has 0 atom stereocenters. The maximum Gasteiger partial charge on any atom is 0.0967 e. The Morgan fingerprint density at radius 3 is 1.55 bits per heavy atom. The Morgan fingerprint density at radius 2 is 1.20 bits per heavy atom. The van der Waals surface area contributed by atoms with E-state index in [1.165, 1.54) is 22.3 Å². The molecule has 2 nitrogen and oxygen atoms in total. The van der Waals surface area contributed by atoms with E-state index in [2.05, 4.69) is 62.0 Å². The highest BCUT2D eigenvalue weighted by atomic mass is 14.8. The van der Waals surface area contributed by atoms with Crippen molar-refractivity contribution in [2.75, 3.05) is 0 Å². The predicted octanol–water partition coefficient (Wildman–Crippen LogP) is 5.09. The normalized spacial score (nSPS) is 12.0. The first-order chi connectivity index (χ1) is 9.70. The van der Waals surface area contributed by atoms with Gasteiger partial charge in [0, 0.05) is 23.5 Å². The zero-order valence-electron chi connectivity index (χ0n) is 12.8. The van der Waals surface area contributed by atoms with E-state index in [1.807, 2.05) is 0 Å². The number of benzene rings is 1. The van der Waals surface area contributed by atoms with Gasteiger partial charge in [-0.1, -0.05) is 38.2 Å². The third kappa shape index (κ3) is 2.64. The van der Waals surface area contributed by atoms with Gasteiger partial charge in [0.15, 0.2) is 0 Å². The van der Waals surface area contributed by atoms with Crippen LogP contribution in [-0.2, 0) is 0 Å². The Balaban J connectivity index is 2.81. The second-order valence-corrected chi connectivity index (χ2v) is 4.95. The lowest BCUT2D eigenvalue weighted by Gasteiger charge is -2.13. The number of rotatable bonds is 4. The quantitative estimate of drug-likeness (QED) is 0.770. The molecule has 0 N–H and O–H groups in total. The molecule has 0 unspecified atom stereocenters.